The van der Waals surface area contributed by atoms with E-state index in [1.807, 2.05) is 14.0 Å². The summed E-state index contributed by atoms with van der Waals surface area (Å²) in [7, 11) is -1.53. The van der Waals surface area contributed by atoms with Crippen LogP contribution in [0.25, 0.3) is 0 Å². The van der Waals surface area contributed by atoms with Gasteiger partial charge in [-0.25, -0.2) is 8.42 Å². The van der Waals surface area contributed by atoms with Crippen LogP contribution in [0, 0.1) is 10.1 Å². The lowest BCUT2D eigenvalue weighted by molar-refractivity contribution is -0.384. The maximum atomic E-state index is 11.6. The molecule has 0 amide bonds. The second-order valence-corrected chi connectivity index (χ2v) is 8.16. The minimum Gasteiger partial charge on any atom is -0.378 e. The van der Waals surface area contributed by atoms with Crippen molar-refractivity contribution >= 4 is 51.1 Å². The highest BCUT2D eigenvalue weighted by Gasteiger charge is 2.18. The van der Waals surface area contributed by atoms with Gasteiger partial charge in [-0.05, 0) is 25.5 Å². The van der Waals surface area contributed by atoms with Crippen molar-refractivity contribution in [2.24, 2.45) is 4.99 Å². The van der Waals surface area contributed by atoms with Gasteiger partial charge in [0.05, 0.1) is 16.4 Å². The van der Waals surface area contributed by atoms with Crippen LogP contribution >= 0.6 is 24.0 Å². The van der Waals surface area contributed by atoms with Crippen molar-refractivity contribution in [1.82, 2.24) is 10.2 Å². The predicted octanol–water partition coefficient (Wildman–Crippen LogP) is 2.73. The Morgan fingerprint density at radius 1 is 1.32 bits per heavy atom. The van der Waals surface area contributed by atoms with Crippen molar-refractivity contribution in [2.45, 2.75) is 31.6 Å². The molecule has 0 bridgehead atoms. The molecule has 160 valence electrons. The van der Waals surface area contributed by atoms with Crippen LogP contribution in [-0.2, 0) is 9.84 Å². The van der Waals surface area contributed by atoms with E-state index in [4.69, 9.17) is 0 Å². The van der Waals surface area contributed by atoms with Crippen LogP contribution in [0.2, 0.25) is 0 Å². The van der Waals surface area contributed by atoms with Crippen molar-refractivity contribution in [2.75, 3.05) is 44.8 Å². The van der Waals surface area contributed by atoms with E-state index in [9.17, 15) is 18.5 Å². The fourth-order valence-corrected chi connectivity index (χ4v) is 3.01. The minimum absolute atomic E-state index is 0. The molecule has 0 aliphatic rings. The minimum atomic E-state index is -3.50. The van der Waals surface area contributed by atoms with E-state index in [0.717, 1.165) is 44.2 Å². The lowest BCUT2D eigenvalue weighted by Gasteiger charge is -2.21. The van der Waals surface area contributed by atoms with E-state index in [1.54, 1.807) is 0 Å². The summed E-state index contributed by atoms with van der Waals surface area (Å²) in [5, 5.41) is 17.4. The second-order valence-electron chi connectivity index (χ2n) is 6.15. The van der Waals surface area contributed by atoms with Crippen LogP contribution in [-0.4, -0.2) is 63.7 Å². The molecule has 0 saturated carbocycles. The first-order chi connectivity index (χ1) is 12.7. The molecule has 0 spiro atoms. The molecule has 0 aliphatic heterocycles. The third kappa shape index (κ3) is 8.59. The second kappa shape index (κ2) is 12.8. The first kappa shape index (κ1) is 26.4. The van der Waals surface area contributed by atoms with Crippen molar-refractivity contribution in [1.29, 1.82) is 0 Å². The van der Waals surface area contributed by atoms with E-state index in [-0.39, 0.29) is 40.2 Å². The number of anilines is 1. The van der Waals surface area contributed by atoms with E-state index in [0.29, 0.717) is 13.1 Å². The number of unbranched alkanes of at least 4 members (excludes halogenated alkanes) is 1. The number of hydrogen-bond donors (Lipinski definition) is 2. The standard InChI is InChI=1S/C17H29N5O4S.HI/c1-5-7-12-21(3)17(18-6-2)20-11-10-19-15-9-8-14(27(4,25)26)13-16(15)22(23)24;/h8-9,13,19H,5-7,10-12H2,1-4H3,(H,18,20);1H. The molecule has 2 N–H and O–H groups in total. The summed E-state index contributed by atoms with van der Waals surface area (Å²) in [4.78, 5) is 17.1. The number of hydrogen-bond acceptors (Lipinski definition) is 6. The molecule has 28 heavy (non-hydrogen) atoms. The Kier molecular flexibility index (Phi) is 12.0. The predicted molar refractivity (Wildman–Crippen MR) is 124 cm³/mol. The van der Waals surface area contributed by atoms with Gasteiger partial charge in [0.25, 0.3) is 5.69 Å². The van der Waals surface area contributed by atoms with Crippen LogP contribution in [0.4, 0.5) is 11.4 Å². The lowest BCUT2D eigenvalue weighted by atomic mass is 10.2. The van der Waals surface area contributed by atoms with E-state index < -0.39 is 14.8 Å². The molecule has 0 saturated heterocycles. The topological polar surface area (TPSA) is 117 Å². The maximum absolute atomic E-state index is 11.6. The zero-order chi connectivity index (χ0) is 20.4. The normalized spacial score (nSPS) is 11.5. The highest BCUT2D eigenvalue weighted by atomic mass is 127. The molecule has 9 nitrogen and oxygen atoms in total. The van der Waals surface area contributed by atoms with Gasteiger partial charge < -0.3 is 15.5 Å². The third-order valence-electron chi connectivity index (χ3n) is 3.83. The van der Waals surface area contributed by atoms with Gasteiger partial charge in [0.1, 0.15) is 5.69 Å². The number of sulfone groups is 1. The van der Waals surface area contributed by atoms with Gasteiger partial charge in [0.15, 0.2) is 15.8 Å². The largest absolute Gasteiger partial charge is 0.378 e. The summed E-state index contributed by atoms with van der Waals surface area (Å²) in [6, 6.07) is 3.84. The summed E-state index contributed by atoms with van der Waals surface area (Å²) in [6.07, 6.45) is 3.18. The third-order valence-corrected chi connectivity index (χ3v) is 4.94. The van der Waals surface area contributed by atoms with Crippen LogP contribution in [0.15, 0.2) is 28.1 Å². The Morgan fingerprint density at radius 3 is 2.54 bits per heavy atom. The molecule has 0 radical (unpaired) electrons. The molecular formula is C17H30IN5O4S. The Balaban J connectivity index is 0.00000729. The fourth-order valence-electron chi connectivity index (χ4n) is 2.37. The quantitative estimate of drug-likeness (QED) is 0.120. The monoisotopic (exact) mass is 527 g/mol. The van der Waals surface area contributed by atoms with Crippen LogP contribution < -0.4 is 10.6 Å². The number of nitro groups is 1. The molecular weight excluding hydrogens is 497 g/mol. The maximum Gasteiger partial charge on any atom is 0.293 e. The average molecular weight is 527 g/mol. The lowest BCUT2D eigenvalue weighted by Crippen LogP contribution is -2.39. The van der Waals surface area contributed by atoms with Crippen molar-refractivity contribution in [3.63, 3.8) is 0 Å². The smallest absolute Gasteiger partial charge is 0.293 e. The van der Waals surface area contributed by atoms with Gasteiger partial charge in [-0.15, -0.1) is 24.0 Å². The van der Waals surface area contributed by atoms with Gasteiger partial charge in [-0.1, -0.05) is 13.3 Å². The Labute approximate surface area is 184 Å². The highest BCUT2D eigenvalue weighted by molar-refractivity contribution is 14.0. The summed E-state index contributed by atoms with van der Waals surface area (Å²) in [5.74, 6) is 0.787. The zero-order valence-electron chi connectivity index (χ0n) is 16.8. The Hall–Kier alpha value is -1.63. The van der Waals surface area contributed by atoms with Gasteiger partial charge in [0.2, 0.25) is 0 Å². The van der Waals surface area contributed by atoms with Gasteiger partial charge in [-0.3, -0.25) is 15.1 Å². The Bertz CT molecular complexity index is 771. The molecule has 0 heterocycles. The van der Waals surface area contributed by atoms with Gasteiger partial charge in [-0.2, -0.15) is 0 Å². The first-order valence-electron chi connectivity index (χ1n) is 8.92. The average Bonchev–Trinajstić information content (AvgIpc) is 2.61. The van der Waals surface area contributed by atoms with Crippen molar-refractivity contribution in [3.8, 4) is 0 Å². The molecule has 1 aromatic rings. The van der Waals surface area contributed by atoms with E-state index >= 15 is 0 Å². The molecule has 1 rings (SSSR count). The summed E-state index contributed by atoms with van der Waals surface area (Å²) < 4.78 is 23.2. The molecule has 0 aromatic heterocycles. The van der Waals surface area contributed by atoms with Crippen LogP contribution in [0.1, 0.15) is 26.7 Å². The molecule has 11 heteroatoms. The number of halogens is 1. The number of benzene rings is 1. The fraction of sp³-hybridized carbons (Fsp3) is 0.588. The number of guanidine groups is 1. The summed E-state index contributed by atoms with van der Waals surface area (Å²) in [6.45, 7) is 6.58. The summed E-state index contributed by atoms with van der Waals surface area (Å²) in [5.41, 5.74) is 0.000753. The Morgan fingerprint density at radius 2 is 2.00 bits per heavy atom. The van der Waals surface area contributed by atoms with Crippen molar-refractivity contribution in [3.05, 3.63) is 28.3 Å². The number of nitrogens with zero attached hydrogens (tertiary/aromatic N) is 3. The van der Waals surface area contributed by atoms with Gasteiger partial charge >= 0.3 is 0 Å². The van der Waals surface area contributed by atoms with E-state index in [2.05, 4.69) is 27.4 Å². The van der Waals surface area contributed by atoms with Crippen molar-refractivity contribution < 1.29 is 13.3 Å². The van der Waals surface area contributed by atoms with Crippen LogP contribution in [0.5, 0.6) is 0 Å². The van der Waals surface area contributed by atoms with E-state index in [1.165, 1.54) is 12.1 Å². The number of nitro benzene ring substituents is 1. The molecule has 0 aliphatic carbocycles. The molecule has 0 unspecified atom stereocenters. The number of aliphatic imine (C=N–C) groups is 1. The number of rotatable bonds is 10. The molecule has 1 aromatic carbocycles. The SMILES string of the molecule is CCCCN(C)C(=NCCNc1ccc(S(C)(=O)=O)cc1[N+](=O)[O-])NCC.I. The van der Waals surface area contributed by atoms with Gasteiger partial charge in [0, 0.05) is 39.0 Å². The highest BCUT2D eigenvalue weighted by Crippen LogP contribution is 2.27. The summed E-state index contributed by atoms with van der Waals surface area (Å²) >= 11 is 0. The zero-order valence-corrected chi connectivity index (χ0v) is 19.9. The molecule has 0 fully saturated rings. The number of nitrogens with one attached hydrogen (secondary N) is 2. The van der Waals surface area contributed by atoms with Crippen LogP contribution in [0.3, 0.4) is 0 Å². The molecule has 0 atom stereocenters. The first-order valence-corrected chi connectivity index (χ1v) is 10.8.